The van der Waals surface area contributed by atoms with Gasteiger partial charge in [0.15, 0.2) is 0 Å². The highest BCUT2D eigenvalue weighted by atomic mass is 16.5. The molecule has 0 aliphatic carbocycles. The van der Waals surface area contributed by atoms with Crippen LogP contribution < -0.4 is 0 Å². The van der Waals surface area contributed by atoms with E-state index < -0.39 is 0 Å². The Hall–Kier alpha value is -1.06. The highest BCUT2D eigenvalue weighted by molar-refractivity contribution is 5.71. The minimum atomic E-state index is -0.0155. The third-order valence-electron chi connectivity index (χ3n) is 6.78. The van der Waals surface area contributed by atoms with E-state index in [9.17, 15) is 9.59 Å². The minimum Gasteiger partial charge on any atom is -0.466 e. The van der Waals surface area contributed by atoms with Gasteiger partial charge in [-0.05, 0) is 50.4 Å². The number of esters is 2. The highest BCUT2D eigenvalue weighted by Crippen LogP contribution is 2.16. The van der Waals surface area contributed by atoms with Crippen molar-refractivity contribution in [3.05, 3.63) is 0 Å². The van der Waals surface area contributed by atoms with Gasteiger partial charge in [-0.25, -0.2) is 0 Å². The number of hydrogen-bond acceptors (Lipinski definition) is 4. The Bertz CT molecular complexity index is 486. The molecule has 0 saturated heterocycles. The van der Waals surface area contributed by atoms with Crippen molar-refractivity contribution in [2.75, 3.05) is 13.2 Å². The molecular formula is C31H60O4. The number of rotatable bonds is 25. The molecule has 0 aliphatic rings. The molecule has 0 aromatic heterocycles. The van der Waals surface area contributed by atoms with Crippen molar-refractivity contribution in [1.29, 1.82) is 0 Å². The van der Waals surface area contributed by atoms with Crippen LogP contribution in [0, 0.1) is 17.8 Å². The fourth-order valence-corrected chi connectivity index (χ4v) is 4.34. The van der Waals surface area contributed by atoms with Crippen LogP contribution in [0.4, 0.5) is 0 Å². The summed E-state index contributed by atoms with van der Waals surface area (Å²) in [5.41, 5.74) is 0. The average molecular weight is 497 g/mol. The average Bonchev–Trinajstić information content (AvgIpc) is 2.81. The van der Waals surface area contributed by atoms with Crippen LogP contribution in [0.5, 0.6) is 0 Å². The summed E-state index contributed by atoms with van der Waals surface area (Å²) in [5.74, 6) is 1.38. The quantitative estimate of drug-likeness (QED) is 0.0932. The Morgan fingerprint density at radius 2 is 0.886 bits per heavy atom. The standard InChI is InChI=1S/C31H60O4/c1-27(2)21-19-25-34-30(32)24-18-16-14-12-10-8-6-7-9-11-13-15-17-23-29(5)31(33)35-26-20-22-28(3)4/h27-29H,6-26H2,1-5H3. The molecule has 0 rings (SSSR count). The van der Waals surface area contributed by atoms with Crippen LogP contribution in [0.25, 0.3) is 0 Å². The van der Waals surface area contributed by atoms with E-state index in [1.54, 1.807) is 0 Å². The maximum atomic E-state index is 12.0. The van der Waals surface area contributed by atoms with Crippen LogP contribution >= 0.6 is 0 Å². The van der Waals surface area contributed by atoms with Gasteiger partial charge < -0.3 is 9.47 Å². The Morgan fingerprint density at radius 1 is 0.486 bits per heavy atom. The molecule has 0 bridgehead atoms. The predicted molar refractivity (Wildman–Crippen MR) is 148 cm³/mol. The number of hydrogen-bond donors (Lipinski definition) is 0. The van der Waals surface area contributed by atoms with Crippen LogP contribution in [0.3, 0.4) is 0 Å². The van der Waals surface area contributed by atoms with E-state index in [4.69, 9.17) is 9.47 Å². The van der Waals surface area contributed by atoms with Crippen molar-refractivity contribution >= 4 is 11.9 Å². The van der Waals surface area contributed by atoms with Crippen LogP contribution in [0.15, 0.2) is 0 Å². The topological polar surface area (TPSA) is 52.6 Å². The van der Waals surface area contributed by atoms with Crippen LogP contribution in [0.1, 0.15) is 157 Å². The summed E-state index contributed by atoms with van der Waals surface area (Å²) in [4.78, 5) is 23.7. The molecule has 0 aromatic rings. The maximum absolute atomic E-state index is 12.0. The number of unbranched alkanes of at least 4 members (excludes halogenated alkanes) is 12. The van der Waals surface area contributed by atoms with Gasteiger partial charge in [0.1, 0.15) is 0 Å². The zero-order valence-corrected chi connectivity index (χ0v) is 24.2. The molecular weight excluding hydrogens is 436 g/mol. The Morgan fingerprint density at radius 3 is 1.34 bits per heavy atom. The first-order chi connectivity index (χ1) is 16.8. The van der Waals surface area contributed by atoms with Gasteiger partial charge in [0.05, 0.1) is 19.1 Å². The molecule has 208 valence electrons. The van der Waals surface area contributed by atoms with Crippen molar-refractivity contribution < 1.29 is 19.1 Å². The summed E-state index contributed by atoms with van der Waals surface area (Å²) in [6.45, 7) is 12.0. The first-order valence-electron chi connectivity index (χ1n) is 15.1. The fourth-order valence-electron chi connectivity index (χ4n) is 4.34. The molecule has 0 aliphatic heterocycles. The van der Waals surface area contributed by atoms with E-state index in [2.05, 4.69) is 27.7 Å². The summed E-state index contributed by atoms with van der Waals surface area (Å²) in [6, 6.07) is 0. The maximum Gasteiger partial charge on any atom is 0.308 e. The van der Waals surface area contributed by atoms with Crippen molar-refractivity contribution in [3.8, 4) is 0 Å². The Labute approximate surface area is 218 Å². The third kappa shape index (κ3) is 25.8. The summed E-state index contributed by atoms with van der Waals surface area (Å²) >= 11 is 0. The van der Waals surface area contributed by atoms with E-state index in [0.717, 1.165) is 51.4 Å². The van der Waals surface area contributed by atoms with Crippen LogP contribution in [-0.4, -0.2) is 25.2 Å². The molecule has 0 N–H and O–H groups in total. The summed E-state index contributed by atoms with van der Waals surface area (Å²) in [5, 5.41) is 0. The second kappa shape index (κ2) is 24.6. The Balaban J connectivity index is 3.30. The monoisotopic (exact) mass is 496 g/mol. The number of ether oxygens (including phenoxy) is 2. The molecule has 4 heteroatoms. The lowest BCUT2D eigenvalue weighted by Gasteiger charge is -2.12. The summed E-state index contributed by atoms with van der Waals surface area (Å²) < 4.78 is 10.7. The largest absolute Gasteiger partial charge is 0.466 e. The van der Waals surface area contributed by atoms with Gasteiger partial charge in [0.2, 0.25) is 0 Å². The lowest BCUT2D eigenvalue weighted by molar-refractivity contribution is -0.148. The van der Waals surface area contributed by atoms with Crippen molar-refractivity contribution in [2.45, 2.75) is 157 Å². The summed E-state index contributed by atoms with van der Waals surface area (Å²) in [7, 11) is 0. The van der Waals surface area contributed by atoms with Crippen LogP contribution in [0.2, 0.25) is 0 Å². The molecule has 1 atom stereocenters. The first-order valence-corrected chi connectivity index (χ1v) is 15.1. The molecule has 0 fully saturated rings. The lowest BCUT2D eigenvalue weighted by atomic mass is 10.0. The van der Waals surface area contributed by atoms with Crippen molar-refractivity contribution in [2.24, 2.45) is 17.8 Å². The zero-order valence-electron chi connectivity index (χ0n) is 24.2. The van der Waals surface area contributed by atoms with Crippen molar-refractivity contribution in [1.82, 2.24) is 0 Å². The van der Waals surface area contributed by atoms with Crippen LogP contribution in [-0.2, 0) is 19.1 Å². The predicted octanol–water partition coefficient (Wildman–Crippen LogP) is 9.43. The van der Waals surface area contributed by atoms with E-state index in [0.29, 0.717) is 31.5 Å². The van der Waals surface area contributed by atoms with Gasteiger partial charge in [-0.15, -0.1) is 0 Å². The molecule has 4 nitrogen and oxygen atoms in total. The van der Waals surface area contributed by atoms with E-state index >= 15 is 0 Å². The lowest BCUT2D eigenvalue weighted by Crippen LogP contribution is -2.15. The number of carbonyl (C=O) groups excluding carboxylic acids is 2. The first kappa shape index (κ1) is 33.9. The van der Waals surface area contributed by atoms with E-state index in [1.807, 2.05) is 6.92 Å². The molecule has 0 spiro atoms. The van der Waals surface area contributed by atoms with E-state index in [-0.39, 0.29) is 17.9 Å². The van der Waals surface area contributed by atoms with Gasteiger partial charge in [-0.2, -0.15) is 0 Å². The minimum absolute atomic E-state index is 0.0104. The van der Waals surface area contributed by atoms with Gasteiger partial charge in [-0.3, -0.25) is 9.59 Å². The van der Waals surface area contributed by atoms with E-state index in [1.165, 1.54) is 64.2 Å². The number of carbonyl (C=O) groups is 2. The molecule has 0 amide bonds. The van der Waals surface area contributed by atoms with Gasteiger partial charge in [0, 0.05) is 6.42 Å². The van der Waals surface area contributed by atoms with Gasteiger partial charge in [0.25, 0.3) is 0 Å². The van der Waals surface area contributed by atoms with Crippen molar-refractivity contribution in [3.63, 3.8) is 0 Å². The molecule has 0 aromatic carbocycles. The normalized spacial score (nSPS) is 12.3. The molecule has 0 radical (unpaired) electrons. The zero-order chi connectivity index (χ0) is 26.2. The Kier molecular flexibility index (Phi) is 23.9. The smallest absolute Gasteiger partial charge is 0.308 e. The molecule has 0 saturated carbocycles. The molecule has 1 unspecified atom stereocenters. The summed E-state index contributed by atoms with van der Waals surface area (Å²) in [6.07, 6.45) is 22.1. The third-order valence-corrected chi connectivity index (χ3v) is 6.78. The second-order valence-electron chi connectivity index (χ2n) is 11.5. The van der Waals surface area contributed by atoms with Gasteiger partial charge >= 0.3 is 11.9 Å². The SMILES string of the molecule is CC(C)CCCOC(=O)CCCCCCCCCCCCCCCC(C)C(=O)OCCCC(C)C. The molecule has 35 heavy (non-hydrogen) atoms. The second-order valence-corrected chi connectivity index (χ2v) is 11.5. The van der Waals surface area contributed by atoms with Gasteiger partial charge in [-0.1, -0.05) is 112 Å². The highest BCUT2D eigenvalue weighted by Gasteiger charge is 2.13. The fraction of sp³-hybridized carbons (Fsp3) is 0.935. The molecule has 0 heterocycles.